The summed E-state index contributed by atoms with van der Waals surface area (Å²) in [7, 11) is 2.10. The first-order valence-corrected chi connectivity index (χ1v) is 5.63. The molecule has 3 heterocycles. The van der Waals surface area contributed by atoms with Crippen LogP contribution in [-0.4, -0.2) is 4.57 Å². The molecular formula is C13H17N2O+. The molecule has 0 atom stereocenters. The van der Waals surface area contributed by atoms with Crippen molar-refractivity contribution in [1.82, 2.24) is 4.57 Å². The summed E-state index contributed by atoms with van der Waals surface area (Å²) in [5, 5.41) is 0. The second-order valence-electron chi connectivity index (χ2n) is 5.11. The van der Waals surface area contributed by atoms with Crippen molar-refractivity contribution in [2.45, 2.75) is 33.2 Å². The molecule has 0 bridgehead atoms. The van der Waals surface area contributed by atoms with Gasteiger partial charge in [-0.1, -0.05) is 0 Å². The van der Waals surface area contributed by atoms with Gasteiger partial charge in [0, 0.05) is 13.8 Å². The van der Waals surface area contributed by atoms with Gasteiger partial charge in [-0.15, -0.1) is 0 Å². The standard InChI is InChI=1S/C13H17N2O/c1-8-9(2)15-12(14(8)5)11-10(6-7-16-11)13(15,3)4/h6-7H,1-5H3/q+1. The molecule has 3 rings (SSSR count). The summed E-state index contributed by atoms with van der Waals surface area (Å²) in [6.07, 6.45) is 1.79. The monoisotopic (exact) mass is 217 g/mol. The van der Waals surface area contributed by atoms with Crippen molar-refractivity contribution in [3.05, 3.63) is 29.3 Å². The van der Waals surface area contributed by atoms with Crippen LogP contribution in [0.15, 0.2) is 16.7 Å². The Labute approximate surface area is 95.3 Å². The van der Waals surface area contributed by atoms with E-state index in [-0.39, 0.29) is 5.54 Å². The van der Waals surface area contributed by atoms with Gasteiger partial charge in [-0.25, -0.2) is 9.13 Å². The zero-order chi connectivity index (χ0) is 11.7. The Bertz CT molecular complexity index is 587. The van der Waals surface area contributed by atoms with Gasteiger partial charge in [0.2, 0.25) is 5.76 Å². The van der Waals surface area contributed by atoms with Crippen molar-refractivity contribution in [1.29, 1.82) is 0 Å². The molecule has 1 aliphatic heterocycles. The molecule has 0 radical (unpaired) electrons. The summed E-state index contributed by atoms with van der Waals surface area (Å²) < 4.78 is 10.2. The Balaban J connectivity index is 2.48. The summed E-state index contributed by atoms with van der Waals surface area (Å²) in [5.41, 5.74) is 3.88. The van der Waals surface area contributed by atoms with E-state index in [2.05, 4.69) is 49.9 Å². The molecule has 2 aromatic heterocycles. The quantitative estimate of drug-likeness (QED) is 0.620. The topological polar surface area (TPSA) is 21.9 Å². The van der Waals surface area contributed by atoms with Gasteiger partial charge in [0.15, 0.2) is 0 Å². The van der Waals surface area contributed by atoms with Gasteiger partial charge < -0.3 is 4.42 Å². The zero-order valence-corrected chi connectivity index (χ0v) is 10.5. The van der Waals surface area contributed by atoms with E-state index in [1.807, 2.05) is 0 Å². The van der Waals surface area contributed by atoms with E-state index in [9.17, 15) is 0 Å². The van der Waals surface area contributed by atoms with Crippen LogP contribution >= 0.6 is 0 Å². The molecule has 1 aliphatic rings. The summed E-state index contributed by atoms with van der Waals surface area (Å²) in [6.45, 7) is 8.81. The van der Waals surface area contributed by atoms with Gasteiger partial charge in [-0.05, 0) is 19.9 Å². The van der Waals surface area contributed by atoms with Crippen LogP contribution in [0.5, 0.6) is 0 Å². The number of hydrogen-bond acceptors (Lipinski definition) is 1. The Kier molecular flexibility index (Phi) is 1.57. The molecule has 0 spiro atoms. The molecule has 0 aromatic carbocycles. The Hall–Kier alpha value is -1.51. The third-order valence-electron chi connectivity index (χ3n) is 3.98. The van der Waals surface area contributed by atoms with Crippen molar-refractivity contribution in [3.63, 3.8) is 0 Å². The third-order valence-corrected chi connectivity index (χ3v) is 3.98. The van der Waals surface area contributed by atoms with Gasteiger partial charge >= 0.3 is 5.82 Å². The third kappa shape index (κ3) is 0.833. The second-order valence-corrected chi connectivity index (χ2v) is 5.11. The first-order valence-electron chi connectivity index (χ1n) is 5.63. The van der Waals surface area contributed by atoms with Gasteiger partial charge in [-0.3, -0.25) is 0 Å². The Morgan fingerprint density at radius 2 is 2.00 bits per heavy atom. The minimum Gasteiger partial charge on any atom is -0.456 e. The molecule has 16 heavy (non-hydrogen) atoms. The number of imidazole rings is 1. The number of hydrogen-bond donors (Lipinski definition) is 0. The van der Waals surface area contributed by atoms with Gasteiger partial charge in [0.25, 0.3) is 0 Å². The predicted molar refractivity (Wildman–Crippen MR) is 61.2 cm³/mol. The first-order chi connectivity index (χ1) is 7.46. The highest BCUT2D eigenvalue weighted by atomic mass is 16.3. The van der Waals surface area contributed by atoms with Crippen LogP contribution in [0.25, 0.3) is 11.6 Å². The van der Waals surface area contributed by atoms with Crippen LogP contribution in [0.1, 0.15) is 30.8 Å². The normalized spacial score (nSPS) is 16.3. The van der Waals surface area contributed by atoms with E-state index in [1.165, 1.54) is 22.8 Å². The van der Waals surface area contributed by atoms with Crippen LogP contribution in [0.4, 0.5) is 0 Å². The molecule has 3 heteroatoms. The lowest BCUT2D eigenvalue weighted by atomic mass is 9.97. The van der Waals surface area contributed by atoms with E-state index in [4.69, 9.17) is 4.42 Å². The molecule has 84 valence electrons. The first kappa shape index (κ1) is 9.70. The Morgan fingerprint density at radius 1 is 1.31 bits per heavy atom. The summed E-state index contributed by atoms with van der Waals surface area (Å²) in [4.78, 5) is 0. The van der Waals surface area contributed by atoms with E-state index in [0.717, 1.165) is 5.76 Å². The molecule has 3 nitrogen and oxygen atoms in total. The maximum absolute atomic E-state index is 5.65. The summed E-state index contributed by atoms with van der Waals surface area (Å²) in [5.74, 6) is 2.20. The highest BCUT2D eigenvalue weighted by molar-refractivity contribution is 5.60. The number of furan rings is 1. The lowest BCUT2D eigenvalue weighted by molar-refractivity contribution is -0.666. The zero-order valence-electron chi connectivity index (χ0n) is 10.5. The SMILES string of the molecule is Cc1c(C)[n+](C)c2n1C(C)(C)c1ccoc1-2. The van der Waals surface area contributed by atoms with Gasteiger partial charge in [0.05, 0.1) is 18.9 Å². The van der Waals surface area contributed by atoms with E-state index < -0.39 is 0 Å². The number of fused-ring (bicyclic) bond motifs is 3. The van der Waals surface area contributed by atoms with Crippen LogP contribution in [0.2, 0.25) is 0 Å². The minimum atomic E-state index is -0.00618. The summed E-state index contributed by atoms with van der Waals surface area (Å²) in [6, 6.07) is 2.08. The maximum atomic E-state index is 5.65. The highest BCUT2D eigenvalue weighted by Crippen LogP contribution is 2.43. The lowest BCUT2D eigenvalue weighted by Gasteiger charge is -2.16. The predicted octanol–water partition coefficient (Wildman–Crippen LogP) is 2.29. The van der Waals surface area contributed by atoms with Crippen LogP contribution in [0.3, 0.4) is 0 Å². The van der Waals surface area contributed by atoms with E-state index in [1.54, 1.807) is 6.26 Å². The second kappa shape index (κ2) is 2.59. The number of aromatic nitrogens is 2. The molecule has 2 aromatic rings. The summed E-state index contributed by atoms with van der Waals surface area (Å²) >= 11 is 0. The van der Waals surface area contributed by atoms with Crippen molar-refractivity contribution in [2.24, 2.45) is 7.05 Å². The maximum Gasteiger partial charge on any atom is 0.326 e. The minimum absolute atomic E-state index is 0.00618. The fraction of sp³-hybridized carbons (Fsp3) is 0.462. The fourth-order valence-corrected chi connectivity index (χ4v) is 2.89. The number of rotatable bonds is 0. The average molecular weight is 217 g/mol. The van der Waals surface area contributed by atoms with Crippen molar-refractivity contribution in [2.75, 3.05) is 0 Å². The van der Waals surface area contributed by atoms with Gasteiger partial charge in [0.1, 0.15) is 16.9 Å². The van der Waals surface area contributed by atoms with E-state index >= 15 is 0 Å². The molecule has 0 amide bonds. The van der Waals surface area contributed by atoms with Crippen LogP contribution in [-0.2, 0) is 12.6 Å². The fourth-order valence-electron chi connectivity index (χ4n) is 2.89. The highest BCUT2D eigenvalue weighted by Gasteiger charge is 2.48. The van der Waals surface area contributed by atoms with Crippen molar-refractivity contribution < 1.29 is 8.98 Å². The van der Waals surface area contributed by atoms with E-state index in [0.29, 0.717) is 0 Å². The molecule has 0 saturated heterocycles. The molecule has 0 fully saturated rings. The van der Waals surface area contributed by atoms with Crippen molar-refractivity contribution >= 4 is 0 Å². The average Bonchev–Trinajstić information content (AvgIpc) is 2.82. The Morgan fingerprint density at radius 3 is 2.69 bits per heavy atom. The largest absolute Gasteiger partial charge is 0.456 e. The lowest BCUT2D eigenvalue weighted by Crippen LogP contribution is -2.32. The molecule has 0 unspecified atom stereocenters. The molecule has 0 aliphatic carbocycles. The molecular weight excluding hydrogens is 200 g/mol. The van der Waals surface area contributed by atoms with Crippen LogP contribution in [0, 0.1) is 13.8 Å². The molecule has 0 saturated carbocycles. The number of nitrogens with zero attached hydrogens (tertiary/aromatic N) is 2. The smallest absolute Gasteiger partial charge is 0.326 e. The van der Waals surface area contributed by atoms with Gasteiger partial charge in [-0.2, -0.15) is 0 Å². The van der Waals surface area contributed by atoms with Crippen LogP contribution < -0.4 is 4.57 Å². The van der Waals surface area contributed by atoms with Crippen molar-refractivity contribution in [3.8, 4) is 11.6 Å². The molecule has 0 N–H and O–H groups in total.